The van der Waals surface area contributed by atoms with Crippen LogP contribution in [0.15, 0.2) is 107 Å². The molecular weight excluding hydrogens is 462 g/mol. The van der Waals surface area contributed by atoms with Gasteiger partial charge < -0.3 is 20.9 Å². The van der Waals surface area contributed by atoms with E-state index in [4.69, 9.17) is 4.74 Å². The van der Waals surface area contributed by atoms with Crippen LogP contribution in [0.1, 0.15) is 26.7 Å². The Hall–Kier alpha value is -4.65. The highest BCUT2D eigenvalue weighted by molar-refractivity contribution is 5.89. The van der Waals surface area contributed by atoms with Crippen molar-refractivity contribution in [3.05, 3.63) is 97.1 Å². The number of benzene rings is 4. The van der Waals surface area contributed by atoms with Gasteiger partial charge >= 0.3 is 0 Å². The summed E-state index contributed by atoms with van der Waals surface area (Å²) in [6.45, 7) is 4.39. The van der Waals surface area contributed by atoms with Crippen molar-refractivity contribution in [3.8, 4) is 16.9 Å². The Balaban J connectivity index is 1.27. The number of unbranched alkanes of at least 4 members (excludes halogenated alkanes) is 1. The molecule has 0 fully saturated rings. The average molecular weight is 494 g/mol. The molecule has 0 bridgehead atoms. The highest BCUT2D eigenvalue weighted by atomic mass is 16.5. The van der Waals surface area contributed by atoms with Crippen LogP contribution in [-0.4, -0.2) is 12.5 Å². The van der Waals surface area contributed by atoms with Crippen LogP contribution < -0.4 is 20.9 Å². The van der Waals surface area contributed by atoms with Crippen molar-refractivity contribution in [2.45, 2.75) is 26.7 Å². The van der Waals surface area contributed by atoms with Crippen molar-refractivity contribution in [1.82, 2.24) is 0 Å². The van der Waals surface area contributed by atoms with Crippen molar-refractivity contribution in [3.63, 3.8) is 0 Å². The number of hydrazine groups is 1. The molecule has 0 unspecified atom stereocenters. The first-order chi connectivity index (χ1) is 18.1. The van der Waals surface area contributed by atoms with Crippen LogP contribution in [0.4, 0.5) is 28.4 Å². The lowest BCUT2D eigenvalue weighted by atomic mass is 10.1. The molecule has 0 saturated heterocycles. The van der Waals surface area contributed by atoms with Crippen LogP contribution in [0.2, 0.25) is 0 Å². The number of hydrogen-bond donors (Lipinski definition) is 3. The third kappa shape index (κ3) is 7.93. The normalized spacial score (nSPS) is 10.8. The number of ether oxygens (including phenoxy) is 1. The highest BCUT2D eigenvalue weighted by Crippen LogP contribution is 2.26. The van der Waals surface area contributed by atoms with E-state index < -0.39 is 0 Å². The average Bonchev–Trinajstić information content (AvgIpc) is 2.93. The van der Waals surface area contributed by atoms with E-state index in [2.05, 4.69) is 33.3 Å². The van der Waals surface area contributed by atoms with E-state index in [-0.39, 0.29) is 5.91 Å². The van der Waals surface area contributed by atoms with Crippen LogP contribution in [-0.2, 0) is 4.79 Å². The van der Waals surface area contributed by atoms with Crippen LogP contribution in [0, 0.1) is 0 Å². The minimum Gasteiger partial charge on any atom is -0.494 e. The number of carbonyl (C=O) groups is 1. The van der Waals surface area contributed by atoms with Crippen LogP contribution in [0.3, 0.4) is 0 Å². The largest absolute Gasteiger partial charge is 0.494 e. The summed E-state index contributed by atoms with van der Waals surface area (Å²) in [4.78, 5) is 11.2. The second-order valence-electron chi connectivity index (χ2n) is 8.53. The molecule has 0 aliphatic carbocycles. The van der Waals surface area contributed by atoms with Crippen molar-refractivity contribution in [2.24, 2.45) is 10.2 Å². The molecule has 0 atom stereocenters. The summed E-state index contributed by atoms with van der Waals surface area (Å²) in [5.41, 5.74) is 12.7. The quantitative estimate of drug-likeness (QED) is 0.111. The van der Waals surface area contributed by atoms with Crippen LogP contribution >= 0.6 is 0 Å². The van der Waals surface area contributed by atoms with Gasteiger partial charge in [-0.25, -0.2) is 0 Å². The van der Waals surface area contributed by atoms with Gasteiger partial charge in [0.25, 0.3) is 0 Å². The topological polar surface area (TPSA) is 87.1 Å². The van der Waals surface area contributed by atoms with E-state index in [0.29, 0.717) is 0 Å². The Labute approximate surface area is 217 Å². The summed E-state index contributed by atoms with van der Waals surface area (Å²) in [6.07, 6.45) is 2.18. The molecule has 7 heteroatoms. The molecule has 4 aromatic carbocycles. The Bertz CT molecular complexity index is 1300. The summed E-state index contributed by atoms with van der Waals surface area (Å²) >= 11 is 0. The Kier molecular flexibility index (Phi) is 8.86. The van der Waals surface area contributed by atoms with Crippen molar-refractivity contribution in [2.75, 3.05) is 22.8 Å². The third-order valence-electron chi connectivity index (χ3n) is 5.53. The zero-order valence-electron chi connectivity index (χ0n) is 21.1. The van der Waals surface area contributed by atoms with Gasteiger partial charge in [-0.3, -0.25) is 4.79 Å². The monoisotopic (exact) mass is 493 g/mol. The molecule has 0 aromatic heterocycles. The molecule has 1 amide bonds. The van der Waals surface area contributed by atoms with Gasteiger partial charge in [-0.15, -0.1) is 0 Å². The van der Waals surface area contributed by atoms with E-state index >= 15 is 0 Å². The first kappa shape index (κ1) is 25.4. The molecule has 4 aromatic rings. The number of carbonyl (C=O) groups excluding carboxylic acids is 1. The molecule has 0 aliphatic heterocycles. The molecule has 0 spiro atoms. The number of azo groups is 1. The Morgan fingerprint density at radius 1 is 0.676 bits per heavy atom. The Morgan fingerprint density at radius 3 is 1.65 bits per heavy atom. The predicted octanol–water partition coefficient (Wildman–Crippen LogP) is 8.35. The fourth-order valence-corrected chi connectivity index (χ4v) is 3.51. The first-order valence-electron chi connectivity index (χ1n) is 12.3. The summed E-state index contributed by atoms with van der Waals surface area (Å²) in [6, 6.07) is 31.2. The molecule has 4 rings (SSSR count). The predicted molar refractivity (Wildman–Crippen MR) is 151 cm³/mol. The van der Waals surface area contributed by atoms with Gasteiger partial charge in [-0.1, -0.05) is 37.6 Å². The van der Waals surface area contributed by atoms with Gasteiger partial charge in [0.05, 0.1) is 29.4 Å². The number of amides is 1. The highest BCUT2D eigenvalue weighted by Gasteiger charge is 2.01. The molecule has 188 valence electrons. The SMILES string of the molecule is CCCCOc1ccc(NNc2ccc(N=Nc3ccc(-c4ccc(NC(C)=O)cc4)cc3)cc2)cc1. The lowest BCUT2D eigenvalue weighted by Gasteiger charge is -2.11. The molecule has 37 heavy (non-hydrogen) atoms. The number of nitrogens with zero attached hydrogens (tertiary/aromatic N) is 2. The fourth-order valence-electron chi connectivity index (χ4n) is 3.51. The minimum atomic E-state index is -0.0837. The zero-order valence-corrected chi connectivity index (χ0v) is 21.1. The summed E-state index contributed by atoms with van der Waals surface area (Å²) < 4.78 is 5.69. The maximum atomic E-state index is 11.2. The lowest BCUT2D eigenvalue weighted by Crippen LogP contribution is -2.08. The summed E-state index contributed by atoms with van der Waals surface area (Å²) in [5, 5.41) is 11.5. The molecule has 0 heterocycles. The van der Waals surface area contributed by atoms with Crippen LogP contribution in [0.5, 0.6) is 5.75 Å². The van der Waals surface area contributed by atoms with E-state index in [1.165, 1.54) is 6.92 Å². The van der Waals surface area contributed by atoms with Gasteiger partial charge in [0.2, 0.25) is 5.91 Å². The Morgan fingerprint density at radius 2 is 1.14 bits per heavy atom. The first-order valence-corrected chi connectivity index (χ1v) is 12.3. The summed E-state index contributed by atoms with van der Waals surface area (Å²) in [7, 11) is 0. The number of rotatable bonds is 11. The molecule has 7 nitrogen and oxygen atoms in total. The number of anilines is 3. The maximum Gasteiger partial charge on any atom is 0.221 e. The van der Waals surface area contributed by atoms with E-state index in [1.54, 1.807) is 0 Å². The van der Waals surface area contributed by atoms with Gasteiger partial charge in [0.15, 0.2) is 0 Å². The second-order valence-corrected chi connectivity index (χ2v) is 8.53. The standard InChI is InChI=1S/C30H31N5O2/c1-3-4-21-37-30-19-17-29(18-20-30)35-34-28-15-13-27(14-16-28)33-32-26-11-7-24(8-12-26)23-5-9-25(10-6-23)31-22(2)36/h5-20,34-35H,3-4,21H2,1-2H3,(H,31,36). The van der Waals surface area contributed by atoms with Crippen LogP contribution in [0.25, 0.3) is 11.1 Å². The third-order valence-corrected chi connectivity index (χ3v) is 5.53. The number of nitrogens with one attached hydrogen (secondary N) is 3. The lowest BCUT2D eigenvalue weighted by molar-refractivity contribution is -0.114. The van der Waals surface area contributed by atoms with E-state index in [0.717, 1.165) is 64.8 Å². The summed E-state index contributed by atoms with van der Waals surface area (Å²) in [5.74, 6) is 0.792. The second kappa shape index (κ2) is 12.9. The van der Waals surface area contributed by atoms with E-state index in [9.17, 15) is 4.79 Å². The molecule has 3 N–H and O–H groups in total. The molecule has 0 aliphatic rings. The fraction of sp³-hybridized carbons (Fsp3) is 0.167. The van der Waals surface area contributed by atoms with Gasteiger partial charge in [-0.2, -0.15) is 10.2 Å². The van der Waals surface area contributed by atoms with Gasteiger partial charge in [0.1, 0.15) is 5.75 Å². The molecule has 0 saturated carbocycles. The number of hydrogen-bond acceptors (Lipinski definition) is 6. The van der Waals surface area contributed by atoms with E-state index in [1.807, 2.05) is 97.1 Å². The minimum absolute atomic E-state index is 0.0837. The van der Waals surface area contributed by atoms with Crippen molar-refractivity contribution >= 4 is 34.3 Å². The van der Waals surface area contributed by atoms with Gasteiger partial charge in [-0.05, 0) is 90.3 Å². The van der Waals surface area contributed by atoms with Crippen molar-refractivity contribution < 1.29 is 9.53 Å². The maximum absolute atomic E-state index is 11.2. The molecule has 0 radical (unpaired) electrons. The van der Waals surface area contributed by atoms with Gasteiger partial charge in [0, 0.05) is 12.6 Å². The van der Waals surface area contributed by atoms with Crippen molar-refractivity contribution in [1.29, 1.82) is 0 Å². The molecular formula is C30H31N5O2. The zero-order chi connectivity index (χ0) is 25.9. The smallest absolute Gasteiger partial charge is 0.221 e.